The number of nitrogens with two attached hydrogens (primary N) is 1. The van der Waals surface area contributed by atoms with Gasteiger partial charge in [0, 0.05) is 11.6 Å². The van der Waals surface area contributed by atoms with Gasteiger partial charge in [-0.05, 0) is 37.0 Å². The zero-order valence-corrected chi connectivity index (χ0v) is 10.9. The summed E-state index contributed by atoms with van der Waals surface area (Å²) in [6, 6.07) is 11.7. The second-order valence-corrected chi connectivity index (χ2v) is 4.71. The van der Waals surface area contributed by atoms with Gasteiger partial charge in [0.05, 0.1) is 0 Å². The fourth-order valence-electron chi connectivity index (χ4n) is 2.16. The van der Waals surface area contributed by atoms with E-state index in [1.165, 1.54) is 17.2 Å². The molecule has 3 heteroatoms. The quantitative estimate of drug-likeness (QED) is 0.887. The van der Waals surface area contributed by atoms with Gasteiger partial charge in [-0.25, -0.2) is 8.78 Å². The average Bonchev–Trinajstić information content (AvgIpc) is 2.40. The minimum absolute atomic E-state index is 0.244. The molecule has 0 aromatic heterocycles. The molecule has 0 fully saturated rings. The van der Waals surface area contributed by atoms with Gasteiger partial charge in [-0.1, -0.05) is 36.4 Å². The second-order valence-electron chi connectivity index (χ2n) is 4.71. The molecule has 0 aliphatic carbocycles. The van der Waals surface area contributed by atoms with Crippen LogP contribution in [0.1, 0.15) is 29.2 Å². The molecule has 0 amide bonds. The van der Waals surface area contributed by atoms with Crippen LogP contribution in [-0.2, 0) is 6.42 Å². The molecular formula is C16H17F2N. The first-order valence-electron chi connectivity index (χ1n) is 6.33. The molecule has 1 unspecified atom stereocenters. The summed E-state index contributed by atoms with van der Waals surface area (Å²) in [4.78, 5) is 0. The van der Waals surface area contributed by atoms with Crippen molar-refractivity contribution < 1.29 is 8.78 Å². The molecule has 2 aromatic carbocycles. The summed E-state index contributed by atoms with van der Waals surface area (Å²) in [5.74, 6) is -1.68. The normalized spacial score (nSPS) is 12.4. The largest absolute Gasteiger partial charge is 0.324 e. The van der Waals surface area contributed by atoms with E-state index in [9.17, 15) is 8.78 Å². The molecule has 1 atom stereocenters. The molecule has 0 radical (unpaired) electrons. The maximum absolute atomic E-state index is 13.6. The lowest BCUT2D eigenvalue weighted by Crippen LogP contribution is -2.14. The standard InChI is InChI=1S/C16H17F2N/c1-11-5-2-3-6-12(11)9-10-15(19)13-7-4-8-14(17)16(13)18/h2-8,15H,9-10,19H2,1H3. The molecule has 0 aliphatic heterocycles. The lowest BCUT2D eigenvalue weighted by Gasteiger charge is -2.14. The van der Waals surface area contributed by atoms with Crippen LogP contribution in [0.4, 0.5) is 8.78 Å². The summed E-state index contributed by atoms with van der Waals surface area (Å²) in [7, 11) is 0. The Morgan fingerprint density at radius 3 is 2.53 bits per heavy atom. The smallest absolute Gasteiger partial charge is 0.163 e. The van der Waals surface area contributed by atoms with Crippen LogP contribution in [-0.4, -0.2) is 0 Å². The topological polar surface area (TPSA) is 26.0 Å². The highest BCUT2D eigenvalue weighted by Gasteiger charge is 2.14. The van der Waals surface area contributed by atoms with E-state index in [0.717, 1.165) is 12.5 Å². The highest BCUT2D eigenvalue weighted by Crippen LogP contribution is 2.22. The summed E-state index contributed by atoms with van der Waals surface area (Å²) in [5.41, 5.74) is 8.58. The first-order valence-corrected chi connectivity index (χ1v) is 6.33. The predicted molar refractivity (Wildman–Crippen MR) is 72.8 cm³/mol. The lowest BCUT2D eigenvalue weighted by atomic mass is 9.97. The van der Waals surface area contributed by atoms with E-state index in [0.29, 0.717) is 6.42 Å². The molecule has 0 saturated heterocycles. The van der Waals surface area contributed by atoms with Crippen molar-refractivity contribution >= 4 is 0 Å². The van der Waals surface area contributed by atoms with Crippen molar-refractivity contribution in [1.29, 1.82) is 0 Å². The Bertz CT molecular complexity index is 566. The van der Waals surface area contributed by atoms with Crippen LogP contribution < -0.4 is 5.73 Å². The van der Waals surface area contributed by atoms with Crippen LogP contribution in [0.3, 0.4) is 0 Å². The van der Waals surface area contributed by atoms with Crippen molar-refractivity contribution in [2.45, 2.75) is 25.8 Å². The molecule has 2 rings (SSSR count). The Labute approximate surface area is 112 Å². The van der Waals surface area contributed by atoms with E-state index in [1.807, 2.05) is 31.2 Å². The second kappa shape index (κ2) is 5.93. The van der Waals surface area contributed by atoms with E-state index in [4.69, 9.17) is 5.73 Å². The highest BCUT2D eigenvalue weighted by molar-refractivity contribution is 5.27. The summed E-state index contributed by atoms with van der Waals surface area (Å²) in [5, 5.41) is 0. The van der Waals surface area contributed by atoms with E-state index in [1.54, 1.807) is 6.07 Å². The summed E-state index contributed by atoms with van der Waals surface area (Å²) < 4.78 is 26.7. The van der Waals surface area contributed by atoms with Gasteiger partial charge in [-0.15, -0.1) is 0 Å². The first-order chi connectivity index (χ1) is 9.09. The number of aryl methyl sites for hydroxylation is 2. The Morgan fingerprint density at radius 1 is 1.05 bits per heavy atom. The minimum Gasteiger partial charge on any atom is -0.324 e. The Balaban J connectivity index is 2.08. The van der Waals surface area contributed by atoms with E-state index < -0.39 is 17.7 Å². The number of rotatable bonds is 4. The molecule has 0 saturated carbocycles. The third kappa shape index (κ3) is 3.18. The minimum atomic E-state index is -0.844. The number of benzene rings is 2. The predicted octanol–water partition coefficient (Wildman–Crippen LogP) is 3.91. The van der Waals surface area contributed by atoms with Crippen molar-refractivity contribution in [3.05, 3.63) is 70.8 Å². The maximum Gasteiger partial charge on any atom is 0.163 e. The van der Waals surface area contributed by atoms with Gasteiger partial charge in [0.2, 0.25) is 0 Å². The average molecular weight is 261 g/mol. The number of hydrogen-bond acceptors (Lipinski definition) is 1. The van der Waals surface area contributed by atoms with Gasteiger partial charge in [0.15, 0.2) is 11.6 Å². The van der Waals surface area contributed by atoms with E-state index in [-0.39, 0.29) is 5.56 Å². The van der Waals surface area contributed by atoms with Crippen molar-refractivity contribution in [2.24, 2.45) is 5.73 Å². The Kier molecular flexibility index (Phi) is 4.27. The third-order valence-electron chi connectivity index (χ3n) is 3.37. The number of halogens is 2. The first kappa shape index (κ1) is 13.7. The molecule has 0 heterocycles. The fourth-order valence-corrected chi connectivity index (χ4v) is 2.16. The van der Waals surface area contributed by atoms with Crippen molar-refractivity contribution in [3.8, 4) is 0 Å². The zero-order valence-electron chi connectivity index (χ0n) is 10.9. The summed E-state index contributed by atoms with van der Waals surface area (Å²) in [6.45, 7) is 2.03. The van der Waals surface area contributed by atoms with Crippen molar-refractivity contribution in [1.82, 2.24) is 0 Å². The molecule has 1 nitrogen and oxygen atoms in total. The van der Waals surface area contributed by atoms with Crippen LogP contribution in [0, 0.1) is 18.6 Å². The van der Waals surface area contributed by atoms with Crippen LogP contribution in [0.5, 0.6) is 0 Å². The molecule has 0 aliphatic rings. The Morgan fingerprint density at radius 2 is 1.79 bits per heavy atom. The summed E-state index contributed by atoms with van der Waals surface area (Å²) in [6.07, 6.45) is 1.34. The monoisotopic (exact) mass is 261 g/mol. The fraction of sp³-hybridized carbons (Fsp3) is 0.250. The van der Waals surface area contributed by atoms with Crippen LogP contribution in [0.15, 0.2) is 42.5 Å². The SMILES string of the molecule is Cc1ccccc1CCC(N)c1cccc(F)c1F. The van der Waals surface area contributed by atoms with Crippen molar-refractivity contribution in [2.75, 3.05) is 0 Å². The molecule has 0 spiro atoms. The molecule has 0 bridgehead atoms. The maximum atomic E-state index is 13.6. The molecule has 19 heavy (non-hydrogen) atoms. The lowest BCUT2D eigenvalue weighted by molar-refractivity contribution is 0.483. The highest BCUT2D eigenvalue weighted by atomic mass is 19.2. The number of hydrogen-bond donors (Lipinski definition) is 1. The van der Waals surface area contributed by atoms with Gasteiger partial charge in [0.1, 0.15) is 0 Å². The third-order valence-corrected chi connectivity index (χ3v) is 3.37. The van der Waals surface area contributed by atoms with E-state index in [2.05, 4.69) is 0 Å². The molecular weight excluding hydrogens is 244 g/mol. The van der Waals surface area contributed by atoms with Gasteiger partial charge in [-0.3, -0.25) is 0 Å². The van der Waals surface area contributed by atoms with Gasteiger partial charge in [-0.2, -0.15) is 0 Å². The Hall–Kier alpha value is -1.74. The molecule has 2 N–H and O–H groups in total. The van der Waals surface area contributed by atoms with Crippen LogP contribution in [0.2, 0.25) is 0 Å². The van der Waals surface area contributed by atoms with Crippen LogP contribution in [0.25, 0.3) is 0 Å². The van der Waals surface area contributed by atoms with Gasteiger partial charge >= 0.3 is 0 Å². The van der Waals surface area contributed by atoms with Gasteiger partial charge in [0.25, 0.3) is 0 Å². The molecule has 100 valence electrons. The molecule has 2 aromatic rings. The van der Waals surface area contributed by atoms with Gasteiger partial charge < -0.3 is 5.73 Å². The van der Waals surface area contributed by atoms with Crippen LogP contribution >= 0.6 is 0 Å². The van der Waals surface area contributed by atoms with E-state index >= 15 is 0 Å². The zero-order chi connectivity index (χ0) is 13.8. The van der Waals surface area contributed by atoms with Crippen molar-refractivity contribution in [3.63, 3.8) is 0 Å². The summed E-state index contributed by atoms with van der Waals surface area (Å²) >= 11 is 0.